The summed E-state index contributed by atoms with van der Waals surface area (Å²) in [6, 6.07) is 14.3. The van der Waals surface area contributed by atoms with Crippen molar-refractivity contribution in [2.45, 2.75) is 19.4 Å². The zero-order valence-corrected chi connectivity index (χ0v) is 13.7. The minimum atomic E-state index is -0.382. The number of fused-ring (bicyclic) bond motifs is 3. The molecule has 1 atom stereocenters. The fourth-order valence-corrected chi connectivity index (χ4v) is 3.46. The van der Waals surface area contributed by atoms with Gasteiger partial charge in [-0.3, -0.25) is 9.69 Å². The predicted octanol–water partition coefficient (Wildman–Crippen LogP) is 4.43. The van der Waals surface area contributed by atoms with E-state index in [1.54, 1.807) is 23.1 Å². The molecule has 0 radical (unpaired) electrons. The van der Waals surface area contributed by atoms with Gasteiger partial charge < -0.3 is 9.67 Å². The first-order valence-corrected chi connectivity index (χ1v) is 8.20. The van der Waals surface area contributed by atoms with Crippen molar-refractivity contribution in [1.82, 2.24) is 4.57 Å². The van der Waals surface area contributed by atoms with Gasteiger partial charge in [0.15, 0.2) is 0 Å². The quantitative estimate of drug-likeness (QED) is 0.752. The zero-order chi connectivity index (χ0) is 17.6. The molecule has 1 aliphatic heterocycles. The molecule has 126 valence electrons. The van der Waals surface area contributed by atoms with E-state index >= 15 is 0 Å². The molecule has 0 fully saturated rings. The van der Waals surface area contributed by atoms with Crippen LogP contribution in [0.4, 0.5) is 10.1 Å². The number of halogens is 1. The maximum atomic E-state index is 13.9. The van der Waals surface area contributed by atoms with E-state index in [0.717, 1.165) is 11.4 Å². The molecule has 25 heavy (non-hydrogen) atoms. The third-order valence-corrected chi connectivity index (χ3v) is 4.61. The number of carbonyl (C=O) groups excluding carboxylic acids is 1. The van der Waals surface area contributed by atoms with Crippen molar-refractivity contribution in [3.63, 3.8) is 0 Å². The van der Waals surface area contributed by atoms with E-state index in [9.17, 15) is 14.3 Å². The molecular formula is C20H17FN2O2. The number of anilines is 1. The Morgan fingerprint density at radius 3 is 2.60 bits per heavy atom. The van der Waals surface area contributed by atoms with Crippen LogP contribution in [0, 0.1) is 5.82 Å². The number of carbonyl (C=O) groups is 1. The van der Waals surface area contributed by atoms with Crippen molar-refractivity contribution in [2.75, 3.05) is 4.90 Å². The van der Waals surface area contributed by atoms with Crippen LogP contribution in [0.5, 0.6) is 5.75 Å². The number of hydrogen-bond donors (Lipinski definition) is 1. The maximum Gasteiger partial charge on any atom is 0.258 e. The van der Waals surface area contributed by atoms with E-state index in [1.807, 2.05) is 29.8 Å². The van der Waals surface area contributed by atoms with E-state index in [0.29, 0.717) is 17.7 Å². The second kappa shape index (κ2) is 5.77. The van der Waals surface area contributed by atoms with Crippen molar-refractivity contribution in [3.8, 4) is 11.4 Å². The largest absolute Gasteiger partial charge is 0.508 e. The van der Waals surface area contributed by atoms with Crippen molar-refractivity contribution in [3.05, 3.63) is 77.9 Å². The van der Waals surface area contributed by atoms with E-state index in [-0.39, 0.29) is 23.5 Å². The lowest BCUT2D eigenvalue weighted by molar-refractivity contribution is 0.0973. The first-order chi connectivity index (χ1) is 12.1. The van der Waals surface area contributed by atoms with Gasteiger partial charge in [-0.05, 0) is 61.0 Å². The number of aromatic nitrogens is 1. The highest BCUT2D eigenvalue weighted by Gasteiger charge is 2.34. The van der Waals surface area contributed by atoms with Crippen LogP contribution in [0.3, 0.4) is 0 Å². The second-order valence-electron chi connectivity index (χ2n) is 6.08. The Kier molecular flexibility index (Phi) is 3.57. The molecule has 0 saturated heterocycles. The van der Waals surface area contributed by atoms with Gasteiger partial charge in [0, 0.05) is 17.5 Å². The normalized spacial score (nSPS) is 15.6. The monoisotopic (exact) mass is 336 g/mol. The highest BCUT2D eigenvalue weighted by Crippen LogP contribution is 2.41. The van der Waals surface area contributed by atoms with Crippen LogP contribution in [0.1, 0.15) is 35.4 Å². The van der Waals surface area contributed by atoms with Gasteiger partial charge in [0.1, 0.15) is 11.6 Å². The van der Waals surface area contributed by atoms with Gasteiger partial charge in [-0.1, -0.05) is 6.92 Å². The molecule has 1 amide bonds. The van der Waals surface area contributed by atoms with Gasteiger partial charge >= 0.3 is 0 Å². The Balaban J connectivity index is 1.90. The smallest absolute Gasteiger partial charge is 0.258 e. The predicted molar refractivity (Wildman–Crippen MR) is 93.7 cm³/mol. The summed E-state index contributed by atoms with van der Waals surface area (Å²) in [4.78, 5) is 14.9. The van der Waals surface area contributed by atoms with Crippen molar-refractivity contribution in [2.24, 2.45) is 0 Å². The summed E-state index contributed by atoms with van der Waals surface area (Å²) in [5.41, 5.74) is 2.77. The molecule has 0 bridgehead atoms. The molecule has 2 heterocycles. The number of nitrogens with zero attached hydrogens (tertiary/aromatic N) is 2. The van der Waals surface area contributed by atoms with Crippen LogP contribution >= 0.6 is 0 Å². The Hall–Kier alpha value is -3.08. The summed E-state index contributed by atoms with van der Waals surface area (Å²) in [6.45, 7) is 2.00. The third-order valence-electron chi connectivity index (χ3n) is 4.61. The molecule has 0 aliphatic carbocycles. The van der Waals surface area contributed by atoms with Crippen molar-refractivity contribution < 1.29 is 14.3 Å². The number of hydrogen-bond acceptors (Lipinski definition) is 2. The summed E-state index contributed by atoms with van der Waals surface area (Å²) >= 11 is 0. The Labute approximate surface area is 144 Å². The van der Waals surface area contributed by atoms with E-state index in [1.165, 1.54) is 24.3 Å². The molecule has 0 saturated carbocycles. The first-order valence-electron chi connectivity index (χ1n) is 8.20. The van der Waals surface area contributed by atoms with Crippen LogP contribution in [-0.2, 0) is 0 Å². The number of phenols is 1. The number of amides is 1. The molecule has 2 aromatic carbocycles. The zero-order valence-electron chi connectivity index (χ0n) is 13.7. The van der Waals surface area contributed by atoms with E-state index in [2.05, 4.69) is 0 Å². The SMILES string of the molecule is CC[C@@H]1c2cccn2-c2ccc(F)cc2N1C(=O)c1ccc(O)cc1. The molecule has 1 N–H and O–H groups in total. The molecule has 4 rings (SSSR count). The molecule has 0 spiro atoms. The number of rotatable bonds is 2. The maximum absolute atomic E-state index is 13.9. The minimum absolute atomic E-state index is 0.0996. The summed E-state index contributed by atoms with van der Waals surface area (Å²) in [5.74, 6) is -0.499. The van der Waals surface area contributed by atoms with Crippen LogP contribution in [0.2, 0.25) is 0 Å². The van der Waals surface area contributed by atoms with Crippen LogP contribution < -0.4 is 4.90 Å². The highest BCUT2D eigenvalue weighted by atomic mass is 19.1. The van der Waals surface area contributed by atoms with Crippen LogP contribution in [-0.4, -0.2) is 15.6 Å². The van der Waals surface area contributed by atoms with Crippen molar-refractivity contribution >= 4 is 11.6 Å². The first kappa shape index (κ1) is 15.4. The summed E-state index contributed by atoms with van der Waals surface area (Å²) < 4.78 is 15.9. The average Bonchev–Trinajstić information content (AvgIpc) is 3.10. The Morgan fingerprint density at radius 1 is 1.12 bits per heavy atom. The molecule has 3 aromatic rings. The van der Waals surface area contributed by atoms with Gasteiger partial charge in [-0.25, -0.2) is 4.39 Å². The number of phenolic OH excluding ortho intramolecular Hbond substituents is 1. The third kappa shape index (κ3) is 2.39. The molecule has 1 aliphatic rings. The lowest BCUT2D eigenvalue weighted by atomic mass is 10.0. The molecule has 5 heteroatoms. The Bertz CT molecular complexity index is 947. The average molecular weight is 336 g/mol. The van der Waals surface area contributed by atoms with Gasteiger partial charge in [0.25, 0.3) is 5.91 Å². The van der Waals surface area contributed by atoms with Gasteiger partial charge in [-0.2, -0.15) is 0 Å². The molecule has 4 nitrogen and oxygen atoms in total. The van der Waals surface area contributed by atoms with Crippen LogP contribution in [0.15, 0.2) is 60.8 Å². The van der Waals surface area contributed by atoms with Gasteiger partial charge in [0.2, 0.25) is 0 Å². The minimum Gasteiger partial charge on any atom is -0.508 e. The summed E-state index contributed by atoms with van der Waals surface area (Å²) in [6.07, 6.45) is 2.63. The lowest BCUT2D eigenvalue weighted by Crippen LogP contribution is -2.39. The molecule has 0 unspecified atom stereocenters. The topological polar surface area (TPSA) is 45.5 Å². The number of benzene rings is 2. The molecular weight excluding hydrogens is 319 g/mol. The van der Waals surface area contributed by atoms with Gasteiger partial charge in [0.05, 0.1) is 17.4 Å². The fraction of sp³-hybridized carbons (Fsp3) is 0.150. The number of aromatic hydroxyl groups is 1. The standard InChI is InChI=1S/C20H17FN2O2/c1-2-16-17-4-3-11-22(17)18-10-7-14(21)12-19(18)23(16)20(25)13-5-8-15(24)9-6-13/h3-12,16,24H,2H2,1H3/t16-/m1/s1. The molecule has 1 aromatic heterocycles. The fourth-order valence-electron chi connectivity index (χ4n) is 3.46. The van der Waals surface area contributed by atoms with E-state index in [4.69, 9.17) is 0 Å². The van der Waals surface area contributed by atoms with E-state index < -0.39 is 0 Å². The summed E-state index contributed by atoms with van der Waals surface area (Å²) in [5, 5.41) is 9.47. The second-order valence-corrected chi connectivity index (χ2v) is 6.08. The van der Waals surface area contributed by atoms with Crippen molar-refractivity contribution in [1.29, 1.82) is 0 Å². The highest BCUT2D eigenvalue weighted by molar-refractivity contribution is 6.08. The van der Waals surface area contributed by atoms with Gasteiger partial charge in [-0.15, -0.1) is 0 Å². The Morgan fingerprint density at radius 2 is 1.88 bits per heavy atom. The summed E-state index contributed by atoms with van der Waals surface area (Å²) in [7, 11) is 0. The lowest BCUT2D eigenvalue weighted by Gasteiger charge is -2.38. The van der Waals surface area contributed by atoms with Crippen LogP contribution in [0.25, 0.3) is 5.69 Å².